The maximum absolute atomic E-state index is 13.2. The van der Waals surface area contributed by atoms with Gasteiger partial charge in [-0.15, -0.1) is 0 Å². The third-order valence-electron chi connectivity index (χ3n) is 3.95. The van der Waals surface area contributed by atoms with E-state index < -0.39 is 0 Å². The van der Waals surface area contributed by atoms with Crippen LogP contribution in [0.15, 0.2) is 24.3 Å². The van der Waals surface area contributed by atoms with Crippen LogP contribution in [0.1, 0.15) is 32.3 Å². The molecule has 0 amide bonds. The van der Waals surface area contributed by atoms with Crippen molar-refractivity contribution in [2.45, 2.75) is 51.2 Å². The van der Waals surface area contributed by atoms with Crippen molar-refractivity contribution in [3.8, 4) is 0 Å². The Bertz CT molecular complexity index is 394. The van der Waals surface area contributed by atoms with Gasteiger partial charge in [-0.05, 0) is 50.8 Å². The van der Waals surface area contributed by atoms with Gasteiger partial charge >= 0.3 is 0 Å². The Morgan fingerprint density at radius 2 is 2.28 bits per heavy atom. The third kappa shape index (κ3) is 3.30. The highest BCUT2D eigenvalue weighted by Gasteiger charge is 2.26. The molecule has 0 saturated carbocycles. The van der Waals surface area contributed by atoms with Crippen LogP contribution >= 0.6 is 0 Å². The van der Waals surface area contributed by atoms with Crippen LogP contribution in [0.25, 0.3) is 0 Å². The molecule has 2 N–H and O–H groups in total. The van der Waals surface area contributed by atoms with E-state index in [1.54, 1.807) is 12.1 Å². The van der Waals surface area contributed by atoms with E-state index in [9.17, 15) is 4.39 Å². The molecule has 1 aromatic carbocycles. The van der Waals surface area contributed by atoms with Crippen molar-refractivity contribution in [3.63, 3.8) is 0 Å². The molecule has 3 atom stereocenters. The fourth-order valence-corrected chi connectivity index (χ4v) is 3.00. The summed E-state index contributed by atoms with van der Waals surface area (Å²) < 4.78 is 13.2. The first kappa shape index (κ1) is 13.5. The van der Waals surface area contributed by atoms with Crippen LogP contribution in [0.5, 0.6) is 0 Å². The fraction of sp³-hybridized carbons (Fsp3) is 0.600. The standard InChI is InChI=1S/C15H23FN2/c1-11(8-13-4-3-5-14(16)10-13)18-7-6-15(17)9-12(18)2/h3-5,10-12,15H,6-9,17H2,1-2H3. The number of rotatable bonds is 3. The van der Waals surface area contributed by atoms with Crippen molar-refractivity contribution in [2.24, 2.45) is 5.73 Å². The van der Waals surface area contributed by atoms with E-state index in [2.05, 4.69) is 18.7 Å². The van der Waals surface area contributed by atoms with E-state index in [-0.39, 0.29) is 5.82 Å². The molecule has 0 bridgehead atoms. The van der Waals surface area contributed by atoms with Gasteiger partial charge in [-0.25, -0.2) is 4.39 Å². The predicted molar refractivity (Wildman–Crippen MR) is 72.9 cm³/mol. The molecule has 0 aliphatic carbocycles. The molecule has 1 heterocycles. The monoisotopic (exact) mass is 250 g/mol. The normalized spacial score (nSPS) is 27.1. The second-order valence-corrected chi connectivity index (χ2v) is 5.55. The van der Waals surface area contributed by atoms with E-state index in [4.69, 9.17) is 5.73 Å². The van der Waals surface area contributed by atoms with E-state index in [0.717, 1.165) is 31.4 Å². The Kier molecular flexibility index (Phi) is 4.36. The highest BCUT2D eigenvalue weighted by Crippen LogP contribution is 2.20. The average Bonchev–Trinajstić information content (AvgIpc) is 2.28. The number of hydrogen-bond acceptors (Lipinski definition) is 2. The Morgan fingerprint density at radius 3 is 2.94 bits per heavy atom. The van der Waals surface area contributed by atoms with Gasteiger partial charge in [0, 0.05) is 24.7 Å². The number of benzene rings is 1. The van der Waals surface area contributed by atoms with Crippen LogP contribution in [0, 0.1) is 5.82 Å². The van der Waals surface area contributed by atoms with E-state index >= 15 is 0 Å². The van der Waals surface area contributed by atoms with Gasteiger partial charge in [-0.1, -0.05) is 12.1 Å². The molecule has 2 nitrogen and oxygen atoms in total. The fourth-order valence-electron chi connectivity index (χ4n) is 3.00. The lowest BCUT2D eigenvalue weighted by Gasteiger charge is -2.40. The van der Waals surface area contributed by atoms with Crippen molar-refractivity contribution < 1.29 is 4.39 Å². The molecule has 1 aliphatic heterocycles. The number of piperidine rings is 1. The lowest BCUT2D eigenvalue weighted by molar-refractivity contribution is 0.104. The Hall–Kier alpha value is -0.930. The first-order valence-corrected chi connectivity index (χ1v) is 6.82. The molecular formula is C15H23FN2. The molecule has 3 heteroatoms. The summed E-state index contributed by atoms with van der Waals surface area (Å²) in [5.74, 6) is -0.145. The summed E-state index contributed by atoms with van der Waals surface area (Å²) in [6, 6.07) is 8.23. The predicted octanol–water partition coefficient (Wildman–Crippen LogP) is 2.57. The van der Waals surface area contributed by atoms with Gasteiger partial charge in [0.2, 0.25) is 0 Å². The smallest absolute Gasteiger partial charge is 0.123 e. The van der Waals surface area contributed by atoms with Crippen LogP contribution in [-0.2, 0) is 6.42 Å². The van der Waals surface area contributed by atoms with Crippen molar-refractivity contribution in [2.75, 3.05) is 6.54 Å². The largest absolute Gasteiger partial charge is 0.328 e. The highest BCUT2D eigenvalue weighted by molar-refractivity contribution is 5.17. The van der Waals surface area contributed by atoms with Gasteiger partial charge in [0.05, 0.1) is 0 Å². The summed E-state index contributed by atoms with van der Waals surface area (Å²) in [6.07, 6.45) is 3.03. The second kappa shape index (κ2) is 5.81. The van der Waals surface area contributed by atoms with Crippen LogP contribution in [-0.4, -0.2) is 29.6 Å². The Morgan fingerprint density at radius 1 is 1.50 bits per heavy atom. The number of nitrogens with two attached hydrogens (primary N) is 1. The zero-order valence-corrected chi connectivity index (χ0v) is 11.3. The first-order valence-electron chi connectivity index (χ1n) is 6.82. The Labute approximate surface area is 109 Å². The first-order chi connectivity index (χ1) is 8.56. The van der Waals surface area contributed by atoms with Crippen LogP contribution in [0.4, 0.5) is 4.39 Å². The minimum absolute atomic E-state index is 0.145. The van der Waals surface area contributed by atoms with Crippen molar-refractivity contribution >= 4 is 0 Å². The molecule has 1 aliphatic rings. The lowest BCUT2D eigenvalue weighted by Crippen LogP contribution is -2.49. The molecule has 18 heavy (non-hydrogen) atoms. The lowest BCUT2D eigenvalue weighted by atomic mass is 9.95. The summed E-state index contributed by atoms with van der Waals surface area (Å²) in [5, 5.41) is 0. The molecule has 1 aromatic rings. The number of halogens is 1. The van der Waals surface area contributed by atoms with Gasteiger partial charge in [-0.2, -0.15) is 0 Å². The number of hydrogen-bond donors (Lipinski definition) is 1. The minimum Gasteiger partial charge on any atom is -0.328 e. The SMILES string of the molecule is CC(Cc1cccc(F)c1)N1CCC(N)CC1C. The second-order valence-electron chi connectivity index (χ2n) is 5.55. The zero-order chi connectivity index (χ0) is 13.1. The van der Waals surface area contributed by atoms with Crippen molar-refractivity contribution in [1.82, 2.24) is 4.90 Å². The van der Waals surface area contributed by atoms with E-state index in [1.807, 2.05) is 6.07 Å². The number of likely N-dealkylation sites (tertiary alicyclic amines) is 1. The maximum Gasteiger partial charge on any atom is 0.123 e. The van der Waals surface area contributed by atoms with Gasteiger partial charge in [0.15, 0.2) is 0 Å². The van der Waals surface area contributed by atoms with Crippen LogP contribution < -0.4 is 5.73 Å². The summed E-state index contributed by atoms with van der Waals surface area (Å²) >= 11 is 0. The van der Waals surface area contributed by atoms with Gasteiger partial charge in [0.1, 0.15) is 5.82 Å². The van der Waals surface area contributed by atoms with Gasteiger partial charge < -0.3 is 5.73 Å². The summed E-state index contributed by atoms with van der Waals surface area (Å²) in [4.78, 5) is 2.49. The van der Waals surface area contributed by atoms with Gasteiger partial charge in [0.25, 0.3) is 0 Å². The molecule has 1 saturated heterocycles. The molecule has 1 fully saturated rings. The molecule has 100 valence electrons. The maximum atomic E-state index is 13.2. The Balaban J connectivity index is 1.97. The highest BCUT2D eigenvalue weighted by atomic mass is 19.1. The molecule has 0 aromatic heterocycles. The topological polar surface area (TPSA) is 29.3 Å². The zero-order valence-electron chi connectivity index (χ0n) is 11.3. The molecule has 0 spiro atoms. The number of nitrogens with zero attached hydrogens (tertiary/aromatic N) is 1. The van der Waals surface area contributed by atoms with Crippen LogP contribution in [0.3, 0.4) is 0 Å². The van der Waals surface area contributed by atoms with E-state index in [0.29, 0.717) is 18.1 Å². The van der Waals surface area contributed by atoms with Crippen molar-refractivity contribution in [3.05, 3.63) is 35.6 Å². The van der Waals surface area contributed by atoms with Gasteiger partial charge in [-0.3, -0.25) is 4.90 Å². The van der Waals surface area contributed by atoms with E-state index in [1.165, 1.54) is 6.07 Å². The average molecular weight is 250 g/mol. The molecular weight excluding hydrogens is 227 g/mol. The van der Waals surface area contributed by atoms with Crippen molar-refractivity contribution in [1.29, 1.82) is 0 Å². The third-order valence-corrected chi connectivity index (χ3v) is 3.95. The van der Waals surface area contributed by atoms with Crippen LogP contribution in [0.2, 0.25) is 0 Å². The molecule has 3 unspecified atom stereocenters. The summed E-state index contributed by atoms with van der Waals surface area (Å²) in [5.41, 5.74) is 7.06. The molecule has 2 rings (SSSR count). The minimum atomic E-state index is -0.145. The summed E-state index contributed by atoms with van der Waals surface area (Å²) in [6.45, 7) is 5.51. The molecule has 0 radical (unpaired) electrons. The summed E-state index contributed by atoms with van der Waals surface area (Å²) in [7, 11) is 0. The quantitative estimate of drug-likeness (QED) is 0.893.